The van der Waals surface area contributed by atoms with E-state index in [0.717, 1.165) is 25.1 Å². The second-order valence-corrected chi connectivity index (χ2v) is 8.26. The number of carbonyl (C=O) groups is 1. The Bertz CT molecular complexity index is 660. The zero-order chi connectivity index (χ0) is 20.1. The van der Waals surface area contributed by atoms with Crippen LogP contribution >= 0.6 is 0 Å². The van der Waals surface area contributed by atoms with Gasteiger partial charge < -0.3 is 26.0 Å². The molecule has 3 atom stereocenters. The summed E-state index contributed by atoms with van der Waals surface area (Å²) >= 11 is 0. The molecule has 4 N–H and O–H groups in total. The minimum absolute atomic E-state index is 0.0723. The summed E-state index contributed by atoms with van der Waals surface area (Å²) in [5.41, 5.74) is 7.28. The first-order chi connectivity index (χ1) is 13.5. The molecule has 7 heteroatoms. The Balaban J connectivity index is 1.72. The fourth-order valence-corrected chi connectivity index (χ4v) is 4.38. The van der Waals surface area contributed by atoms with E-state index in [4.69, 9.17) is 10.5 Å². The second kappa shape index (κ2) is 9.67. The molecule has 7 nitrogen and oxygen atoms in total. The average molecular weight is 390 g/mol. The number of aryl methyl sites for hydroxylation is 1. The van der Waals surface area contributed by atoms with Gasteiger partial charge in [0.05, 0.1) is 17.8 Å². The Morgan fingerprint density at radius 2 is 2.07 bits per heavy atom. The zero-order valence-corrected chi connectivity index (χ0v) is 17.4. The molecule has 1 aromatic rings. The first-order valence-electron chi connectivity index (χ1n) is 10.5. The predicted octanol–water partition coefficient (Wildman–Crippen LogP) is 1.94. The molecular formula is C21H35N5O2. The van der Waals surface area contributed by atoms with Crippen molar-refractivity contribution < 1.29 is 9.53 Å². The van der Waals surface area contributed by atoms with Crippen LogP contribution in [-0.4, -0.2) is 55.4 Å². The standard InChI is InChI=1S/C21H35N5O2/c1-14-11-17(21(27)24-15(2)22)20(23-12-14)26-10-9-18(19(13-26)28-3)25-16-7-5-4-6-8-16/h11-12,15-16,18-19,25H,4-10,13,22H2,1-3H3,(H,24,27). The van der Waals surface area contributed by atoms with Crippen LogP contribution in [-0.2, 0) is 4.74 Å². The molecule has 3 unspecified atom stereocenters. The lowest BCUT2D eigenvalue weighted by Crippen LogP contribution is -2.56. The van der Waals surface area contributed by atoms with E-state index in [1.807, 2.05) is 19.2 Å². The van der Waals surface area contributed by atoms with Gasteiger partial charge in [0, 0.05) is 38.5 Å². The van der Waals surface area contributed by atoms with Crippen LogP contribution in [0, 0.1) is 6.92 Å². The van der Waals surface area contributed by atoms with Gasteiger partial charge in [-0.05, 0) is 44.7 Å². The van der Waals surface area contributed by atoms with E-state index in [-0.39, 0.29) is 12.0 Å². The number of aromatic nitrogens is 1. The highest BCUT2D eigenvalue weighted by Gasteiger charge is 2.33. The monoisotopic (exact) mass is 389 g/mol. The van der Waals surface area contributed by atoms with Crippen LogP contribution in [0.25, 0.3) is 0 Å². The Labute approximate surface area is 168 Å². The van der Waals surface area contributed by atoms with Gasteiger partial charge in [-0.25, -0.2) is 4.98 Å². The van der Waals surface area contributed by atoms with Gasteiger partial charge in [0.1, 0.15) is 5.82 Å². The van der Waals surface area contributed by atoms with E-state index in [2.05, 4.69) is 20.5 Å². The maximum atomic E-state index is 12.6. The molecule has 1 saturated heterocycles. The summed E-state index contributed by atoms with van der Waals surface area (Å²) in [4.78, 5) is 19.4. The number of pyridine rings is 1. The van der Waals surface area contributed by atoms with Crippen molar-refractivity contribution in [2.45, 2.75) is 76.7 Å². The fourth-order valence-electron chi connectivity index (χ4n) is 4.38. The molecular weight excluding hydrogens is 354 g/mol. The fraction of sp³-hybridized carbons (Fsp3) is 0.714. The van der Waals surface area contributed by atoms with E-state index < -0.39 is 6.17 Å². The van der Waals surface area contributed by atoms with Crippen molar-refractivity contribution in [3.8, 4) is 0 Å². The number of amides is 1. The lowest BCUT2D eigenvalue weighted by Gasteiger charge is -2.41. The van der Waals surface area contributed by atoms with Gasteiger partial charge in [-0.3, -0.25) is 4.79 Å². The topological polar surface area (TPSA) is 92.5 Å². The molecule has 1 aliphatic carbocycles. The Morgan fingerprint density at radius 3 is 2.75 bits per heavy atom. The van der Waals surface area contributed by atoms with Crippen LogP contribution in [0.2, 0.25) is 0 Å². The largest absolute Gasteiger partial charge is 0.378 e. The van der Waals surface area contributed by atoms with E-state index in [0.29, 0.717) is 23.5 Å². The summed E-state index contributed by atoms with van der Waals surface area (Å²) < 4.78 is 5.83. The summed E-state index contributed by atoms with van der Waals surface area (Å²) in [6.07, 6.45) is 8.97. The van der Waals surface area contributed by atoms with Crippen LogP contribution in [0.4, 0.5) is 5.82 Å². The molecule has 1 aromatic heterocycles. The number of anilines is 1. The van der Waals surface area contributed by atoms with Crippen LogP contribution in [0.1, 0.15) is 61.4 Å². The summed E-state index contributed by atoms with van der Waals surface area (Å²) in [5.74, 6) is 0.527. The highest BCUT2D eigenvalue weighted by Crippen LogP contribution is 2.26. The highest BCUT2D eigenvalue weighted by molar-refractivity contribution is 5.99. The van der Waals surface area contributed by atoms with Gasteiger partial charge in [-0.2, -0.15) is 0 Å². The summed E-state index contributed by atoms with van der Waals surface area (Å²) in [6.45, 7) is 5.26. The molecule has 28 heavy (non-hydrogen) atoms. The van der Waals surface area contributed by atoms with E-state index in [9.17, 15) is 4.79 Å². The number of piperidine rings is 1. The number of carbonyl (C=O) groups excluding carboxylic acids is 1. The molecule has 156 valence electrons. The molecule has 1 saturated carbocycles. The minimum atomic E-state index is -0.405. The lowest BCUT2D eigenvalue weighted by atomic mass is 9.92. The van der Waals surface area contributed by atoms with Crippen molar-refractivity contribution in [2.75, 3.05) is 25.1 Å². The molecule has 0 bridgehead atoms. The van der Waals surface area contributed by atoms with Crippen LogP contribution in [0.15, 0.2) is 12.3 Å². The molecule has 2 heterocycles. The maximum Gasteiger partial charge on any atom is 0.256 e. The summed E-state index contributed by atoms with van der Waals surface area (Å²) in [7, 11) is 1.77. The van der Waals surface area contributed by atoms with Crippen LogP contribution in [0.3, 0.4) is 0 Å². The van der Waals surface area contributed by atoms with Crippen molar-refractivity contribution in [3.05, 3.63) is 23.4 Å². The van der Waals surface area contributed by atoms with E-state index in [1.54, 1.807) is 14.0 Å². The van der Waals surface area contributed by atoms with Crippen molar-refractivity contribution in [3.63, 3.8) is 0 Å². The quantitative estimate of drug-likeness (QED) is 0.644. The normalized spacial score (nSPS) is 24.8. The van der Waals surface area contributed by atoms with Crippen LogP contribution in [0.5, 0.6) is 0 Å². The molecule has 0 radical (unpaired) electrons. The van der Waals surface area contributed by atoms with Gasteiger partial charge >= 0.3 is 0 Å². The van der Waals surface area contributed by atoms with Gasteiger partial charge in [0.15, 0.2) is 0 Å². The number of ether oxygens (including phenoxy) is 1. The number of nitrogens with one attached hydrogen (secondary N) is 2. The summed E-state index contributed by atoms with van der Waals surface area (Å²) in [6, 6.07) is 2.83. The van der Waals surface area contributed by atoms with Crippen molar-refractivity contribution in [1.29, 1.82) is 0 Å². The van der Waals surface area contributed by atoms with Gasteiger partial charge in [0.25, 0.3) is 5.91 Å². The van der Waals surface area contributed by atoms with Crippen LogP contribution < -0.4 is 21.3 Å². The molecule has 2 fully saturated rings. The molecule has 3 rings (SSSR count). The first-order valence-corrected chi connectivity index (χ1v) is 10.5. The Morgan fingerprint density at radius 1 is 1.32 bits per heavy atom. The van der Waals surface area contributed by atoms with Crippen molar-refractivity contribution >= 4 is 11.7 Å². The predicted molar refractivity (Wildman–Crippen MR) is 112 cm³/mol. The third-order valence-electron chi connectivity index (χ3n) is 5.82. The molecule has 2 aliphatic rings. The molecule has 1 amide bonds. The number of nitrogens with two attached hydrogens (primary N) is 1. The van der Waals surface area contributed by atoms with Gasteiger partial charge in [0.2, 0.25) is 0 Å². The minimum Gasteiger partial charge on any atom is -0.378 e. The Hall–Kier alpha value is -1.70. The number of hydrogen-bond acceptors (Lipinski definition) is 6. The molecule has 0 aromatic carbocycles. The Kier molecular flexibility index (Phi) is 7.26. The van der Waals surface area contributed by atoms with Crippen molar-refractivity contribution in [2.24, 2.45) is 5.73 Å². The average Bonchev–Trinajstić information content (AvgIpc) is 2.68. The second-order valence-electron chi connectivity index (χ2n) is 8.26. The number of nitrogens with zero attached hydrogens (tertiary/aromatic N) is 2. The first kappa shape index (κ1) is 21.0. The summed E-state index contributed by atoms with van der Waals surface area (Å²) in [5, 5.41) is 6.62. The van der Waals surface area contributed by atoms with E-state index >= 15 is 0 Å². The third kappa shape index (κ3) is 5.21. The third-order valence-corrected chi connectivity index (χ3v) is 5.82. The number of rotatable bonds is 6. The van der Waals surface area contributed by atoms with E-state index in [1.165, 1.54) is 32.1 Å². The number of methoxy groups -OCH3 is 1. The lowest BCUT2D eigenvalue weighted by molar-refractivity contribution is 0.0533. The molecule has 1 aliphatic heterocycles. The maximum absolute atomic E-state index is 12.6. The zero-order valence-electron chi connectivity index (χ0n) is 17.4. The van der Waals surface area contributed by atoms with Gasteiger partial charge in [-0.15, -0.1) is 0 Å². The SMILES string of the molecule is COC1CN(c2ncc(C)cc2C(=O)NC(C)N)CCC1NC1CCCCC1. The molecule has 0 spiro atoms. The van der Waals surface area contributed by atoms with Gasteiger partial charge in [-0.1, -0.05) is 19.3 Å². The highest BCUT2D eigenvalue weighted by atomic mass is 16.5. The smallest absolute Gasteiger partial charge is 0.256 e. The number of hydrogen-bond donors (Lipinski definition) is 3. The van der Waals surface area contributed by atoms with Crippen molar-refractivity contribution in [1.82, 2.24) is 15.6 Å².